The van der Waals surface area contributed by atoms with Gasteiger partial charge in [0.1, 0.15) is 0 Å². The van der Waals surface area contributed by atoms with Crippen molar-refractivity contribution in [2.24, 2.45) is 11.8 Å². The van der Waals surface area contributed by atoms with E-state index < -0.39 is 5.60 Å². The Balaban J connectivity index is 1.79. The van der Waals surface area contributed by atoms with Gasteiger partial charge in [-0.2, -0.15) is 0 Å². The first kappa shape index (κ1) is 24.6. The van der Waals surface area contributed by atoms with Crippen LogP contribution in [0.4, 0.5) is 0 Å². The third kappa shape index (κ3) is 7.84. The van der Waals surface area contributed by atoms with E-state index in [0.29, 0.717) is 31.5 Å². The maximum Gasteiger partial charge on any atom is 0.305 e. The van der Waals surface area contributed by atoms with Crippen molar-refractivity contribution in [3.05, 3.63) is 0 Å². The van der Waals surface area contributed by atoms with Crippen LogP contribution in [0.15, 0.2) is 0 Å². The van der Waals surface area contributed by atoms with Crippen LogP contribution in [0.3, 0.4) is 0 Å². The zero-order valence-corrected chi connectivity index (χ0v) is 19.0. The average molecular weight is 413 g/mol. The van der Waals surface area contributed by atoms with E-state index in [9.17, 15) is 9.90 Å². The highest BCUT2D eigenvalue weighted by atomic mass is 16.7. The van der Waals surface area contributed by atoms with Crippen LogP contribution in [-0.2, 0) is 19.0 Å². The summed E-state index contributed by atoms with van der Waals surface area (Å²) in [5.74, 6) is 0.515. The number of esters is 1. The Morgan fingerprint density at radius 1 is 1.07 bits per heavy atom. The van der Waals surface area contributed by atoms with Gasteiger partial charge in [-0.25, -0.2) is 0 Å². The van der Waals surface area contributed by atoms with Gasteiger partial charge < -0.3 is 19.3 Å². The van der Waals surface area contributed by atoms with Crippen molar-refractivity contribution in [3.8, 4) is 0 Å². The summed E-state index contributed by atoms with van der Waals surface area (Å²) in [6.07, 6.45) is 14.3. The summed E-state index contributed by atoms with van der Waals surface area (Å²) >= 11 is 0. The number of unbranched alkanes of at least 4 members (excludes halogenated alkanes) is 5. The van der Waals surface area contributed by atoms with Crippen LogP contribution < -0.4 is 0 Å². The Hall–Kier alpha value is -0.650. The molecule has 2 fully saturated rings. The summed E-state index contributed by atoms with van der Waals surface area (Å²) in [4.78, 5) is 11.2. The zero-order chi connectivity index (χ0) is 21.2. The molecule has 1 aliphatic heterocycles. The van der Waals surface area contributed by atoms with Gasteiger partial charge in [0.25, 0.3) is 0 Å². The monoisotopic (exact) mass is 412 g/mol. The number of hydrogen-bond acceptors (Lipinski definition) is 5. The second-order valence-electron chi connectivity index (χ2n) is 9.44. The number of carbonyl (C=O) groups excluding carboxylic acids is 1. The molecule has 29 heavy (non-hydrogen) atoms. The topological polar surface area (TPSA) is 65.0 Å². The number of hydrogen-bond donors (Lipinski definition) is 1. The highest BCUT2D eigenvalue weighted by Crippen LogP contribution is 2.50. The normalized spacial score (nSPS) is 25.4. The van der Waals surface area contributed by atoms with Crippen molar-refractivity contribution in [1.29, 1.82) is 0 Å². The first-order valence-electron chi connectivity index (χ1n) is 12.0. The van der Waals surface area contributed by atoms with Crippen molar-refractivity contribution in [1.82, 2.24) is 0 Å². The molecule has 0 aromatic heterocycles. The van der Waals surface area contributed by atoms with Gasteiger partial charge in [0.15, 0.2) is 5.79 Å². The fourth-order valence-electron chi connectivity index (χ4n) is 5.23. The predicted octanol–water partition coefficient (Wildman–Crippen LogP) is 5.38. The zero-order valence-electron chi connectivity index (χ0n) is 19.0. The lowest BCUT2D eigenvalue weighted by Gasteiger charge is -2.33. The van der Waals surface area contributed by atoms with Gasteiger partial charge in [0.2, 0.25) is 0 Å². The van der Waals surface area contributed by atoms with Crippen LogP contribution in [0, 0.1) is 11.8 Å². The maximum absolute atomic E-state index is 11.2. The van der Waals surface area contributed by atoms with Crippen molar-refractivity contribution in [2.45, 2.75) is 115 Å². The van der Waals surface area contributed by atoms with Gasteiger partial charge >= 0.3 is 5.97 Å². The van der Waals surface area contributed by atoms with Crippen LogP contribution in [0.1, 0.15) is 104 Å². The molecule has 0 radical (unpaired) electrons. The van der Waals surface area contributed by atoms with E-state index in [0.717, 1.165) is 70.6 Å². The molecule has 1 unspecified atom stereocenters. The summed E-state index contributed by atoms with van der Waals surface area (Å²) < 4.78 is 17.0. The molecule has 1 N–H and O–H groups in total. The van der Waals surface area contributed by atoms with Crippen LogP contribution in [0.5, 0.6) is 0 Å². The van der Waals surface area contributed by atoms with Crippen LogP contribution in [0.2, 0.25) is 0 Å². The third-order valence-electron chi connectivity index (χ3n) is 7.02. The van der Waals surface area contributed by atoms with E-state index >= 15 is 0 Å². The second kappa shape index (κ2) is 12.3. The van der Waals surface area contributed by atoms with Crippen LogP contribution >= 0.6 is 0 Å². The minimum atomic E-state index is -0.555. The number of methoxy groups -OCH3 is 1. The second-order valence-corrected chi connectivity index (χ2v) is 9.44. The molecule has 1 aliphatic carbocycles. The molecule has 5 heteroatoms. The Morgan fingerprint density at radius 2 is 1.79 bits per heavy atom. The van der Waals surface area contributed by atoms with Gasteiger partial charge in [-0.3, -0.25) is 4.79 Å². The molecular weight excluding hydrogens is 368 g/mol. The number of carbonyl (C=O) groups is 1. The summed E-state index contributed by atoms with van der Waals surface area (Å²) in [5.41, 5.74) is -0.555. The Labute approximate surface area is 177 Å². The van der Waals surface area contributed by atoms with E-state index in [-0.39, 0.29) is 11.8 Å². The Kier molecular flexibility index (Phi) is 10.4. The van der Waals surface area contributed by atoms with Gasteiger partial charge in [0, 0.05) is 18.8 Å². The Morgan fingerprint density at radius 3 is 2.48 bits per heavy atom. The highest BCUT2D eigenvalue weighted by Gasteiger charge is 2.52. The maximum atomic E-state index is 11.2. The number of aliphatic hydroxyl groups is 1. The lowest BCUT2D eigenvalue weighted by molar-refractivity contribution is -0.188. The smallest absolute Gasteiger partial charge is 0.305 e. The molecule has 0 aromatic rings. The van der Waals surface area contributed by atoms with Crippen molar-refractivity contribution in [2.75, 3.05) is 20.3 Å². The van der Waals surface area contributed by atoms with Gasteiger partial charge in [0.05, 0.1) is 25.9 Å². The fraction of sp³-hybridized carbons (Fsp3) is 0.958. The molecule has 0 amide bonds. The standard InChI is InChI=1S/C24H44O5/c1-4-5-10-15-23(2,26)16-13-20-14-17-24(28-18-19-29-24)21(20)11-8-6-7-9-12-22(25)27-3/h20-21,26H,4-19H2,1-3H3/t20-,21+,23?/m0/s1. The molecule has 1 heterocycles. The first-order valence-corrected chi connectivity index (χ1v) is 12.0. The average Bonchev–Trinajstić information content (AvgIpc) is 3.31. The largest absolute Gasteiger partial charge is 0.469 e. The summed E-state index contributed by atoms with van der Waals surface area (Å²) in [6.45, 7) is 5.62. The van der Waals surface area contributed by atoms with Gasteiger partial charge in [-0.1, -0.05) is 45.4 Å². The summed E-state index contributed by atoms with van der Waals surface area (Å²) in [7, 11) is 1.45. The fourth-order valence-corrected chi connectivity index (χ4v) is 5.23. The highest BCUT2D eigenvalue weighted by molar-refractivity contribution is 5.68. The van der Waals surface area contributed by atoms with E-state index in [1.165, 1.54) is 20.0 Å². The third-order valence-corrected chi connectivity index (χ3v) is 7.02. The van der Waals surface area contributed by atoms with Crippen molar-refractivity contribution in [3.63, 3.8) is 0 Å². The quantitative estimate of drug-likeness (QED) is 0.306. The summed E-state index contributed by atoms with van der Waals surface area (Å²) in [5, 5.41) is 10.8. The first-order chi connectivity index (χ1) is 13.9. The lowest BCUT2D eigenvalue weighted by atomic mass is 9.81. The van der Waals surface area contributed by atoms with Crippen LogP contribution in [-0.4, -0.2) is 42.8 Å². The van der Waals surface area contributed by atoms with Gasteiger partial charge in [-0.15, -0.1) is 0 Å². The van der Waals surface area contributed by atoms with E-state index in [1.807, 2.05) is 6.92 Å². The predicted molar refractivity (Wildman–Crippen MR) is 115 cm³/mol. The molecule has 5 nitrogen and oxygen atoms in total. The molecule has 2 rings (SSSR count). The van der Waals surface area contributed by atoms with Crippen molar-refractivity contribution < 1.29 is 24.1 Å². The lowest BCUT2D eigenvalue weighted by Crippen LogP contribution is -2.37. The minimum Gasteiger partial charge on any atom is -0.469 e. The molecule has 1 spiro atoms. The van der Waals surface area contributed by atoms with Gasteiger partial charge in [-0.05, 0) is 51.4 Å². The molecule has 0 bridgehead atoms. The van der Waals surface area contributed by atoms with E-state index in [1.54, 1.807) is 0 Å². The molecule has 1 saturated carbocycles. The molecule has 1 saturated heterocycles. The van der Waals surface area contributed by atoms with Crippen LogP contribution in [0.25, 0.3) is 0 Å². The molecule has 3 atom stereocenters. The molecule has 0 aromatic carbocycles. The van der Waals surface area contributed by atoms with E-state index in [4.69, 9.17) is 14.2 Å². The number of ether oxygens (including phenoxy) is 3. The van der Waals surface area contributed by atoms with E-state index in [2.05, 4.69) is 6.92 Å². The molecule has 2 aliphatic rings. The Bertz CT molecular complexity index is 470. The minimum absolute atomic E-state index is 0.112. The SMILES string of the molecule is CCCCCC(C)(O)CC[C@H]1CCC2(OCCO2)[C@@H]1CCCCCCC(=O)OC. The van der Waals surface area contributed by atoms with Crippen molar-refractivity contribution >= 4 is 5.97 Å². The summed E-state index contributed by atoms with van der Waals surface area (Å²) in [6, 6.07) is 0. The number of rotatable bonds is 14. The molecular formula is C24H44O5. The molecule has 170 valence electrons.